The average molecular weight is 419 g/mol. The fourth-order valence-electron chi connectivity index (χ4n) is 3.09. The lowest BCUT2D eigenvalue weighted by atomic mass is 10.0. The summed E-state index contributed by atoms with van der Waals surface area (Å²) in [6.45, 7) is 4.06. The molecular weight excluding hydrogens is 396 g/mol. The highest BCUT2D eigenvalue weighted by molar-refractivity contribution is 9.10. The van der Waals surface area contributed by atoms with Crippen LogP contribution in [0.3, 0.4) is 0 Å². The lowest BCUT2D eigenvalue weighted by Crippen LogP contribution is -2.45. The molecule has 1 heterocycles. The second-order valence-electron chi connectivity index (χ2n) is 7.15. The van der Waals surface area contributed by atoms with Crippen LogP contribution in [0, 0.1) is 11.8 Å². The van der Waals surface area contributed by atoms with Crippen molar-refractivity contribution in [3.8, 4) is 0 Å². The van der Waals surface area contributed by atoms with Crippen LogP contribution in [0.2, 0.25) is 0 Å². The number of rotatable bonds is 7. The molecular formula is C19H23BrN4O2. The van der Waals surface area contributed by atoms with Crippen LogP contribution in [0.1, 0.15) is 38.2 Å². The molecule has 7 heteroatoms. The van der Waals surface area contributed by atoms with E-state index in [-0.39, 0.29) is 29.6 Å². The zero-order valence-electron chi connectivity index (χ0n) is 14.8. The Hall–Kier alpha value is -2.15. The van der Waals surface area contributed by atoms with Crippen molar-refractivity contribution in [2.24, 2.45) is 11.8 Å². The van der Waals surface area contributed by atoms with E-state index in [1.54, 1.807) is 12.3 Å². The molecule has 3 atom stereocenters. The van der Waals surface area contributed by atoms with Crippen molar-refractivity contribution in [1.82, 2.24) is 15.5 Å². The monoisotopic (exact) mass is 418 g/mol. The van der Waals surface area contributed by atoms with Crippen LogP contribution in [0.15, 0.2) is 41.0 Å². The van der Waals surface area contributed by atoms with Crippen LogP contribution >= 0.6 is 15.9 Å². The number of benzene rings is 1. The van der Waals surface area contributed by atoms with E-state index in [1.807, 2.05) is 38.1 Å². The molecule has 0 radical (unpaired) electrons. The number of hydrogen-bond donors (Lipinski definition) is 3. The number of hydrogen-bond acceptors (Lipinski definition) is 3. The van der Waals surface area contributed by atoms with Gasteiger partial charge in [0.15, 0.2) is 0 Å². The van der Waals surface area contributed by atoms with E-state index in [0.29, 0.717) is 12.2 Å². The van der Waals surface area contributed by atoms with Gasteiger partial charge in [0, 0.05) is 16.5 Å². The predicted molar refractivity (Wildman–Crippen MR) is 104 cm³/mol. The molecule has 1 aromatic carbocycles. The second kappa shape index (κ2) is 8.03. The first-order valence-corrected chi connectivity index (χ1v) is 9.59. The number of halogens is 1. The SMILES string of the molecule is CC(C)CC(NC(=O)C1CC1c1ccc(Br)cc1)C(=O)Nc1ccn[nH]1. The third kappa shape index (κ3) is 4.72. The molecule has 1 saturated carbocycles. The molecule has 1 aliphatic carbocycles. The number of carbonyl (C=O) groups is 2. The molecule has 3 unspecified atom stereocenters. The van der Waals surface area contributed by atoms with E-state index in [4.69, 9.17) is 0 Å². The van der Waals surface area contributed by atoms with Crippen molar-refractivity contribution in [1.29, 1.82) is 0 Å². The van der Waals surface area contributed by atoms with Gasteiger partial charge in [0.2, 0.25) is 11.8 Å². The summed E-state index contributed by atoms with van der Waals surface area (Å²) >= 11 is 3.42. The van der Waals surface area contributed by atoms with E-state index in [1.165, 1.54) is 0 Å². The Kier molecular flexibility index (Phi) is 5.76. The molecule has 138 valence electrons. The van der Waals surface area contributed by atoms with Crippen molar-refractivity contribution in [3.63, 3.8) is 0 Å². The number of aromatic nitrogens is 2. The van der Waals surface area contributed by atoms with Crippen LogP contribution in [-0.2, 0) is 9.59 Å². The lowest BCUT2D eigenvalue weighted by Gasteiger charge is -2.20. The highest BCUT2D eigenvalue weighted by Gasteiger charge is 2.44. The maximum Gasteiger partial charge on any atom is 0.248 e. The third-order valence-electron chi connectivity index (χ3n) is 4.52. The van der Waals surface area contributed by atoms with Gasteiger partial charge < -0.3 is 10.6 Å². The van der Waals surface area contributed by atoms with E-state index in [2.05, 4.69) is 36.8 Å². The number of anilines is 1. The Labute approximate surface area is 161 Å². The molecule has 26 heavy (non-hydrogen) atoms. The quantitative estimate of drug-likeness (QED) is 0.643. The van der Waals surface area contributed by atoms with E-state index >= 15 is 0 Å². The molecule has 3 rings (SSSR count). The molecule has 0 bridgehead atoms. The van der Waals surface area contributed by atoms with E-state index in [0.717, 1.165) is 16.5 Å². The van der Waals surface area contributed by atoms with Gasteiger partial charge in [0.1, 0.15) is 11.9 Å². The maximum absolute atomic E-state index is 12.6. The molecule has 0 aliphatic heterocycles. The van der Waals surface area contributed by atoms with Gasteiger partial charge in [0.05, 0.1) is 6.20 Å². The van der Waals surface area contributed by atoms with Crippen molar-refractivity contribution >= 4 is 33.6 Å². The fraction of sp³-hybridized carbons (Fsp3) is 0.421. The van der Waals surface area contributed by atoms with Crippen molar-refractivity contribution in [3.05, 3.63) is 46.6 Å². The Morgan fingerprint density at radius 1 is 1.27 bits per heavy atom. The van der Waals surface area contributed by atoms with Gasteiger partial charge in [-0.3, -0.25) is 14.7 Å². The van der Waals surface area contributed by atoms with Gasteiger partial charge >= 0.3 is 0 Å². The largest absolute Gasteiger partial charge is 0.344 e. The first kappa shape index (κ1) is 18.6. The molecule has 1 aromatic heterocycles. The smallest absolute Gasteiger partial charge is 0.248 e. The Balaban J connectivity index is 1.60. The van der Waals surface area contributed by atoms with Crippen LogP contribution in [0.4, 0.5) is 5.82 Å². The molecule has 6 nitrogen and oxygen atoms in total. The molecule has 1 fully saturated rings. The van der Waals surface area contributed by atoms with E-state index < -0.39 is 6.04 Å². The summed E-state index contributed by atoms with van der Waals surface area (Å²) in [5.41, 5.74) is 1.16. The van der Waals surface area contributed by atoms with Gasteiger partial charge in [-0.25, -0.2) is 0 Å². The molecule has 0 spiro atoms. The molecule has 2 amide bonds. The maximum atomic E-state index is 12.6. The minimum atomic E-state index is -0.558. The molecule has 0 saturated heterocycles. The highest BCUT2D eigenvalue weighted by Crippen LogP contribution is 2.47. The Morgan fingerprint density at radius 3 is 2.62 bits per heavy atom. The van der Waals surface area contributed by atoms with Gasteiger partial charge in [-0.2, -0.15) is 5.10 Å². The van der Waals surface area contributed by atoms with Crippen molar-refractivity contribution in [2.75, 3.05) is 5.32 Å². The van der Waals surface area contributed by atoms with Crippen LogP contribution in [0.5, 0.6) is 0 Å². The highest BCUT2D eigenvalue weighted by atomic mass is 79.9. The second-order valence-corrected chi connectivity index (χ2v) is 8.07. The zero-order valence-corrected chi connectivity index (χ0v) is 16.4. The summed E-state index contributed by atoms with van der Waals surface area (Å²) < 4.78 is 1.02. The number of nitrogens with zero attached hydrogens (tertiary/aromatic N) is 1. The normalized spacial score (nSPS) is 19.8. The number of H-pyrrole nitrogens is 1. The average Bonchev–Trinajstić information content (AvgIpc) is 3.23. The van der Waals surface area contributed by atoms with Crippen molar-refractivity contribution in [2.45, 2.75) is 38.6 Å². The van der Waals surface area contributed by atoms with Gasteiger partial charge in [-0.15, -0.1) is 0 Å². The minimum absolute atomic E-state index is 0.0525. The van der Waals surface area contributed by atoms with Crippen LogP contribution in [-0.4, -0.2) is 28.1 Å². The van der Waals surface area contributed by atoms with Crippen LogP contribution < -0.4 is 10.6 Å². The van der Waals surface area contributed by atoms with Crippen molar-refractivity contribution < 1.29 is 9.59 Å². The molecule has 3 N–H and O–H groups in total. The summed E-state index contributed by atoms with van der Waals surface area (Å²) in [7, 11) is 0. The minimum Gasteiger partial charge on any atom is -0.344 e. The summed E-state index contributed by atoms with van der Waals surface area (Å²) in [4.78, 5) is 25.2. The summed E-state index contributed by atoms with van der Waals surface area (Å²) in [5, 5.41) is 12.2. The van der Waals surface area contributed by atoms with Gasteiger partial charge in [-0.05, 0) is 42.4 Å². The predicted octanol–water partition coefficient (Wildman–Crippen LogP) is 3.45. The zero-order chi connectivity index (χ0) is 18.7. The first-order chi connectivity index (χ1) is 12.4. The molecule has 2 aromatic rings. The summed E-state index contributed by atoms with van der Waals surface area (Å²) in [6.07, 6.45) is 2.98. The van der Waals surface area contributed by atoms with Gasteiger partial charge in [0.25, 0.3) is 0 Å². The third-order valence-corrected chi connectivity index (χ3v) is 5.05. The summed E-state index contributed by atoms with van der Waals surface area (Å²) in [5.74, 6) is 0.705. The Morgan fingerprint density at radius 2 is 2.00 bits per heavy atom. The Bertz CT molecular complexity index is 758. The standard InChI is InChI=1S/C19H23BrN4O2/c1-11(2)9-16(19(26)23-17-7-8-21-24-17)22-18(25)15-10-14(15)12-3-5-13(20)6-4-12/h3-8,11,14-16H,9-10H2,1-2H3,(H,22,25)(H2,21,23,24,26). The van der Waals surface area contributed by atoms with Gasteiger partial charge in [-0.1, -0.05) is 41.9 Å². The summed E-state index contributed by atoms with van der Waals surface area (Å²) in [6, 6.07) is 9.18. The number of carbonyl (C=O) groups excluding carboxylic acids is 2. The fourth-order valence-corrected chi connectivity index (χ4v) is 3.35. The number of nitrogens with one attached hydrogen (secondary N) is 3. The number of amides is 2. The van der Waals surface area contributed by atoms with Crippen LogP contribution in [0.25, 0.3) is 0 Å². The molecule has 1 aliphatic rings. The number of aromatic amines is 1. The topological polar surface area (TPSA) is 86.9 Å². The lowest BCUT2D eigenvalue weighted by molar-refractivity contribution is -0.127. The van der Waals surface area contributed by atoms with E-state index in [9.17, 15) is 9.59 Å². The first-order valence-electron chi connectivity index (χ1n) is 8.80.